The minimum absolute atomic E-state index is 0.0996. The smallest absolute Gasteiger partial charge is 0.205 e. The van der Waals surface area contributed by atoms with E-state index in [2.05, 4.69) is 22.0 Å². The Hall–Kier alpha value is -2.65. The molecule has 5 nitrogen and oxygen atoms in total. The van der Waals surface area contributed by atoms with E-state index in [1.807, 2.05) is 24.3 Å². The summed E-state index contributed by atoms with van der Waals surface area (Å²) in [5, 5.41) is 9.51. The summed E-state index contributed by atoms with van der Waals surface area (Å²) in [6.07, 6.45) is 0. The van der Waals surface area contributed by atoms with Gasteiger partial charge < -0.3 is 20.9 Å². The minimum Gasteiger partial charge on any atom is -0.496 e. The van der Waals surface area contributed by atoms with Gasteiger partial charge in [-0.05, 0) is 39.7 Å². The lowest BCUT2D eigenvalue weighted by Crippen LogP contribution is -2.21. The van der Waals surface area contributed by atoms with E-state index in [1.54, 1.807) is 19.2 Å². The number of anilines is 1. The molecule has 3 rings (SSSR count). The lowest BCUT2D eigenvalue weighted by atomic mass is 9.83. The van der Waals surface area contributed by atoms with E-state index < -0.39 is 0 Å². The normalized spacial score (nSPS) is 16.3. The van der Waals surface area contributed by atoms with Crippen molar-refractivity contribution in [2.75, 3.05) is 12.8 Å². The number of benzene rings is 2. The molecule has 0 radical (unpaired) electrons. The molecule has 0 saturated carbocycles. The molecular formula is C17H14BrN3O2. The largest absolute Gasteiger partial charge is 0.496 e. The Morgan fingerprint density at radius 2 is 2.00 bits per heavy atom. The average molecular weight is 372 g/mol. The van der Waals surface area contributed by atoms with Crippen molar-refractivity contribution in [1.29, 1.82) is 5.26 Å². The van der Waals surface area contributed by atoms with Gasteiger partial charge in [0.25, 0.3) is 0 Å². The topological polar surface area (TPSA) is 94.3 Å². The van der Waals surface area contributed by atoms with Crippen LogP contribution in [0.5, 0.6) is 11.5 Å². The number of allylic oxidation sites excluding steroid dienone is 1. The van der Waals surface area contributed by atoms with Crippen LogP contribution in [-0.2, 0) is 0 Å². The summed E-state index contributed by atoms with van der Waals surface area (Å²) >= 11 is 3.48. The molecule has 0 aliphatic carbocycles. The van der Waals surface area contributed by atoms with Gasteiger partial charge in [-0.3, -0.25) is 0 Å². The van der Waals surface area contributed by atoms with Gasteiger partial charge in [0.15, 0.2) is 0 Å². The Bertz CT molecular complexity index is 855. The van der Waals surface area contributed by atoms with Gasteiger partial charge in [-0.15, -0.1) is 0 Å². The SMILES string of the molecule is COc1ccc(C2C(C#N)=C(N)Oc3cc(N)ccc32)cc1Br. The number of fused-ring (bicyclic) bond motifs is 1. The minimum atomic E-state index is -0.313. The van der Waals surface area contributed by atoms with Crippen molar-refractivity contribution < 1.29 is 9.47 Å². The predicted octanol–water partition coefficient (Wildman–Crippen LogP) is 3.26. The van der Waals surface area contributed by atoms with Crippen LogP contribution in [0.25, 0.3) is 0 Å². The van der Waals surface area contributed by atoms with Crippen LogP contribution < -0.4 is 20.9 Å². The van der Waals surface area contributed by atoms with E-state index in [0.717, 1.165) is 15.6 Å². The number of hydrogen-bond acceptors (Lipinski definition) is 5. The predicted molar refractivity (Wildman–Crippen MR) is 90.8 cm³/mol. The molecule has 1 unspecified atom stereocenters. The molecule has 0 spiro atoms. The van der Waals surface area contributed by atoms with Gasteiger partial charge in [0.2, 0.25) is 5.88 Å². The van der Waals surface area contributed by atoms with Crippen LogP contribution in [-0.4, -0.2) is 7.11 Å². The van der Waals surface area contributed by atoms with Gasteiger partial charge in [-0.25, -0.2) is 0 Å². The highest BCUT2D eigenvalue weighted by Crippen LogP contribution is 2.43. The summed E-state index contributed by atoms with van der Waals surface area (Å²) in [5.74, 6) is 1.07. The van der Waals surface area contributed by atoms with Gasteiger partial charge in [-0.1, -0.05) is 12.1 Å². The molecule has 0 saturated heterocycles. The number of ether oxygens (including phenoxy) is 2. The molecule has 0 bridgehead atoms. The van der Waals surface area contributed by atoms with Crippen molar-refractivity contribution in [2.24, 2.45) is 5.73 Å². The first-order valence-electron chi connectivity index (χ1n) is 6.85. The zero-order valence-corrected chi connectivity index (χ0v) is 13.9. The van der Waals surface area contributed by atoms with Crippen LogP contribution in [0.3, 0.4) is 0 Å². The number of nitriles is 1. The second-order valence-electron chi connectivity index (χ2n) is 5.12. The second-order valence-corrected chi connectivity index (χ2v) is 5.97. The van der Waals surface area contributed by atoms with E-state index in [9.17, 15) is 5.26 Å². The van der Waals surface area contributed by atoms with E-state index in [1.165, 1.54) is 0 Å². The molecule has 23 heavy (non-hydrogen) atoms. The first-order chi connectivity index (χ1) is 11.0. The maximum Gasteiger partial charge on any atom is 0.205 e. The number of rotatable bonds is 2. The van der Waals surface area contributed by atoms with E-state index in [4.69, 9.17) is 20.9 Å². The fraction of sp³-hybridized carbons (Fsp3) is 0.118. The molecule has 1 aliphatic rings. The van der Waals surface area contributed by atoms with Crippen molar-refractivity contribution in [3.63, 3.8) is 0 Å². The lowest BCUT2D eigenvalue weighted by molar-refractivity contribution is 0.393. The molecule has 4 N–H and O–H groups in total. The van der Waals surface area contributed by atoms with Crippen molar-refractivity contribution in [3.05, 3.63) is 63.5 Å². The van der Waals surface area contributed by atoms with Crippen molar-refractivity contribution >= 4 is 21.6 Å². The third-order valence-corrected chi connectivity index (χ3v) is 4.37. The maximum atomic E-state index is 9.51. The zero-order valence-electron chi connectivity index (χ0n) is 12.3. The zero-order chi connectivity index (χ0) is 16.6. The second kappa shape index (κ2) is 5.86. The monoisotopic (exact) mass is 371 g/mol. The molecule has 1 heterocycles. The molecular weight excluding hydrogens is 358 g/mol. The fourth-order valence-corrected chi connectivity index (χ4v) is 3.24. The number of methoxy groups -OCH3 is 1. The van der Waals surface area contributed by atoms with E-state index in [-0.39, 0.29) is 11.8 Å². The molecule has 1 aliphatic heterocycles. The first-order valence-corrected chi connectivity index (χ1v) is 7.65. The molecule has 2 aromatic carbocycles. The summed E-state index contributed by atoms with van der Waals surface area (Å²) < 4.78 is 11.6. The van der Waals surface area contributed by atoms with Gasteiger partial charge in [0.05, 0.1) is 17.5 Å². The summed E-state index contributed by atoms with van der Waals surface area (Å²) in [5.41, 5.74) is 14.5. The van der Waals surface area contributed by atoms with Crippen molar-refractivity contribution in [1.82, 2.24) is 0 Å². The quantitative estimate of drug-likeness (QED) is 0.790. The summed E-state index contributed by atoms with van der Waals surface area (Å²) in [4.78, 5) is 0. The maximum absolute atomic E-state index is 9.51. The van der Waals surface area contributed by atoms with Crippen LogP contribution in [0, 0.1) is 11.3 Å². The van der Waals surface area contributed by atoms with Crippen LogP contribution in [0.15, 0.2) is 52.3 Å². The number of nitrogen functional groups attached to an aromatic ring is 1. The Balaban J connectivity index is 2.20. The number of nitrogens with two attached hydrogens (primary N) is 2. The molecule has 1 atom stereocenters. The summed E-state index contributed by atoms with van der Waals surface area (Å²) in [6.45, 7) is 0. The van der Waals surface area contributed by atoms with Crippen molar-refractivity contribution in [2.45, 2.75) is 5.92 Å². The summed E-state index contributed by atoms with van der Waals surface area (Å²) in [7, 11) is 1.60. The summed E-state index contributed by atoms with van der Waals surface area (Å²) in [6, 6.07) is 13.2. The van der Waals surface area contributed by atoms with Crippen LogP contribution in [0.2, 0.25) is 0 Å². The standard InChI is InChI=1S/C17H14BrN3O2/c1-22-14-5-2-9(6-13(14)18)16-11-4-3-10(20)7-15(11)23-17(21)12(16)8-19/h2-7,16H,20-21H2,1H3. The van der Waals surface area contributed by atoms with Gasteiger partial charge in [0.1, 0.15) is 23.1 Å². The van der Waals surface area contributed by atoms with Gasteiger partial charge >= 0.3 is 0 Å². The molecule has 0 aromatic heterocycles. The Labute approximate surface area is 142 Å². The Morgan fingerprint density at radius 1 is 1.22 bits per heavy atom. The van der Waals surface area contributed by atoms with Gasteiger partial charge in [-0.2, -0.15) is 5.26 Å². The first kappa shape index (κ1) is 15.3. The van der Waals surface area contributed by atoms with E-state index >= 15 is 0 Å². The highest BCUT2D eigenvalue weighted by atomic mass is 79.9. The number of halogens is 1. The fourth-order valence-electron chi connectivity index (χ4n) is 2.68. The van der Waals surface area contributed by atoms with E-state index in [0.29, 0.717) is 22.8 Å². The van der Waals surface area contributed by atoms with Crippen LogP contribution >= 0.6 is 15.9 Å². The highest BCUT2D eigenvalue weighted by Gasteiger charge is 2.31. The third-order valence-electron chi connectivity index (χ3n) is 3.75. The average Bonchev–Trinajstić information content (AvgIpc) is 2.53. The van der Waals surface area contributed by atoms with Crippen LogP contribution in [0.4, 0.5) is 5.69 Å². The lowest BCUT2D eigenvalue weighted by Gasteiger charge is -2.27. The Morgan fingerprint density at radius 3 is 2.65 bits per heavy atom. The number of nitrogens with zero attached hydrogens (tertiary/aromatic N) is 1. The van der Waals surface area contributed by atoms with Gasteiger partial charge in [0, 0.05) is 17.3 Å². The van der Waals surface area contributed by atoms with Crippen LogP contribution in [0.1, 0.15) is 17.0 Å². The van der Waals surface area contributed by atoms with Crippen molar-refractivity contribution in [3.8, 4) is 17.6 Å². The number of hydrogen-bond donors (Lipinski definition) is 2. The highest BCUT2D eigenvalue weighted by molar-refractivity contribution is 9.10. The molecule has 2 aromatic rings. The third kappa shape index (κ3) is 2.60. The molecule has 0 amide bonds. The molecule has 0 fully saturated rings. The molecule has 6 heteroatoms. The molecule has 116 valence electrons. The Kier molecular flexibility index (Phi) is 3.89.